The molecule has 0 fully saturated rings. The number of aliphatic hydroxyl groups is 1. The first-order chi connectivity index (χ1) is 7.26. The number of fused-ring (bicyclic) bond motifs is 1. The van der Waals surface area contributed by atoms with Crippen LogP contribution in [0.5, 0.6) is 0 Å². The van der Waals surface area contributed by atoms with Crippen LogP contribution in [-0.4, -0.2) is 11.7 Å². The number of rotatable bonds is 2. The van der Waals surface area contributed by atoms with Crippen LogP contribution in [0.1, 0.15) is 30.0 Å². The van der Waals surface area contributed by atoms with Gasteiger partial charge in [-0.05, 0) is 41.7 Å². The topological polar surface area (TPSA) is 20.2 Å². The molecule has 0 saturated heterocycles. The van der Waals surface area contributed by atoms with E-state index in [4.69, 9.17) is 0 Å². The Labute approximate surface area is 90.8 Å². The van der Waals surface area contributed by atoms with Crippen LogP contribution < -0.4 is 0 Å². The summed E-state index contributed by atoms with van der Waals surface area (Å²) in [6, 6.07) is 6.41. The molecule has 78 valence electrons. The van der Waals surface area contributed by atoms with Gasteiger partial charge >= 0.3 is 0 Å². The predicted molar refractivity (Wildman–Crippen MR) is 64.5 cm³/mol. The Bertz CT molecular complexity index is 439. The average Bonchev–Trinajstić information content (AvgIpc) is 2.56. The number of aliphatic hydroxyl groups excluding tert-OH is 1. The number of aryl methyl sites for hydroxylation is 1. The third-order valence-electron chi connectivity index (χ3n) is 2.76. The second-order valence-corrected chi connectivity index (χ2v) is 3.94. The summed E-state index contributed by atoms with van der Waals surface area (Å²) in [5.41, 5.74) is 5.97. The van der Waals surface area contributed by atoms with E-state index in [0.29, 0.717) is 0 Å². The van der Waals surface area contributed by atoms with Gasteiger partial charge in [0.25, 0.3) is 0 Å². The van der Waals surface area contributed by atoms with Crippen molar-refractivity contribution in [2.75, 3.05) is 6.61 Å². The van der Waals surface area contributed by atoms with Crippen LogP contribution in [0.3, 0.4) is 0 Å². The average molecular weight is 200 g/mol. The molecule has 15 heavy (non-hydrogen) atoms. The summed E-state index contributed by atoms with van der Waals surface area (Å²) in [6.45, 7) is 4.33. The summed E-state index contributed by atoms with van der Waals surface area (Å²) in [5, 5.41) is 9.29. The number of allylic oxidation sites excluding steroid dienone is 3. The highest BCUT2D eigenvalue weighted by Crippen LogP contribution is 2.35. The lowest BCUT2D eigenvalue weighted by atomic mass is 10.0. The van der Waals surface area contributed by atoms with E-state index in [0.717, 1.165) is 12.0 Å². The van der Waals surface area contributed by atoms with Gasteiger partial charge in [0.05, 0.1) is 6.61 Å². The quantitative estimate of drug-likeness (QED) is 0.777. The molecule has 0 atom stereocenters. The predicted octanol–water partition coefficient (Wildman–Crippen LogP) is 3.18. The Kier molecular flexibility index (Phi) is 2.74. The van der Waals surface area contributed by atoms with Crippen molar-refractivity contribution < 1.29 is 5.11 Å². The Balaban J connectivity index is 2.56. The lowest BCUT2D eigenvalue weighted by molar-refractivity contribution is 0.350. The molecule has 0 unspecified atom stereocenters. The number of hydrogen-bond acceptors (Lipinski definition) is 1. The molecule has 0 spiro atoms. The standard InChI is InChI=1S/C14H16O/c1-3-4-11-8-12(9-15)14-7-10(2)5-6-13(11)14/h4-8,15H,3,9H2,1-2H3/b11-4+. The highest BCUT2D eigenvalue weighted by molar-refractivity contribution is 5.96. The van der Waals surface area contributed by atoms with E-state index in [9.17, 15) is 5.11 Å². The lowest BCUT2D eigenvalue weighted by Gasteiger charge is -2.04. The Hall–Kier alpha value is -1.34. The second kappa shape index (κ2) is 4.03. The molecule has 0 amide bonds. The highest BCUT2D eigenvalue weighted by atomic mass is 16.3. The van der Waals surface area contributed by atoms with Gasteiger partial charge in [0, 0.05) is 0 Å². The van der Waals surface area contributed by atoms with Crippen molar-refractivity contribution in [2.45, 2.75) is 20.3 Å². The van der Waals surface area contributed by atoms with Crippen LogP contribution in [0, 0.1) is 6.92 Å². The third kappa shape index (κ3) is 1.75. The lowest BCUT2D eigenvalue weighted by Crippen LogP contribution is -1.89. The highest BCUT2D eigenvalue weighted by Gasteiger charge is 2.16. The van der Waals surface area contributed by atoms with Gasteiger partial charge in [-0.25, -0.2) is 0 Å². The molecule has 0 aromatic heterocycles. The second-order valence-electron chi connectivity index (χ2n) is 3.94. The fourth-order valence-corrected chi connectivity index (χ4v) is 2.04. The van der Waals surface area contributed by atoms with E-state index in [1.165, 1.54) is 22.3 Å². The van der Waals surface area contributed by atoms with E-state index >= 15 is 0 Å². The molecule has 1 heteroatoms. The van der Waals surface area contributed by atoms with Crippen LogP contribution in [0.25, 0.3) is 11.1 Å². The number of hydrogen-bond donors (Lipinski definition) is 1. The van der Waals surface area contributed by atoms with Gasteiger partial charge in [-0.3, -0.25) is 0 Å². The van der Waals surface area contributed by atoms with E-state index in [1.807, 2.05) is 0 Å². The molecule has 1 nitrogen and oxygen atoms in total. The van der Waals surface area contributed by atoms with Crippen molar-refractivity contribution in [1.82, 2.24) is 0 Å². The molecule has 1 N–H and O–H groups in total. The molecular weight excluding hydrogens is 184 g/mol. The molecule has 0 aliphatic heterocycles. The summed E-state index contributed by atoms with van der Waals surface area (Å²) in [7, 11) is 0. The molecule has 0 saturated carbocycles. The normalized spacial score (nSPS) is 16.7. The largest absolute Gasteiger partial charge is 0.392 e. The first-order valence-corrected chi connectivity index (χ1v) is 5.39. The van der Waals surface area contributed by atoms with Gasteiger partial charge in [-0.1, -0.05) is 36.8 Å². The van der Waals surface area contributed by atoms with E-state index < -0.39 is 0 Å². The molecule has 2 rings (SSSR count). The van der Waals surface area contributed by atoms with Crippen LogP contribution in [0.15, 0.2) is 30.4 Å². The fourth-order valence-electron chi connectivity index (χ4n) is 2.04. The molecule has 0 bridgehead atoms. The molecular formula is C14H16O. The molecule has 0 heterocycles. The summed E-state index contributed by atoms with van der Waals surface area (Å²) < 4.78 is 0. The summed E-state index contributed by atoms with van der Waals surface area (Å²) >= 11 is 0. The van der Waals surface area contributed by atoms with Gasteiger partial charge < -0.3 is 5.11 Å². The Morgan fingerprint density at radius 1 is 1.27 bits per heavy atom. The van der Waals surface area contributed by atoms with Crippen molar-refractivity contribution in [2.24, 2.45) is 0 Å². The molecule has 1 aromatic rings. The van der Waals surface area contributed by atoms with Crippen molar-refractivity contribution >= 4 is 11.1 Å². The van der Waals surface area contributed by atoms with Gasteiger partial charge in [0.1, 0.15) is 0 Å². The zero-order valence-corrected chi connectivity index (χ0v) is 9.25. The summed E-state index contributed by atoms with van der Waals surface area (Å²) in [4.78, 5) is 0. The van der Waals surface area contributed by atoms with Crippen LogP contribution >= 0.6 is 0 Å². The minimum Gasteiger partial charge on any atom is -0.392 e. The Morgan fingerprint density at radius 3 is 2.73 bits per heavy atom. The first-order valence-electron chi connectivity index (χ1n) is 5.39. The minimum atomic E-state index is 0.123. The molecule has 0 radical (unpaired) electrons. The molecule has 1 aliphatic rings. The maximum Gasteiger partial charge on any atom is 0.0688 e. The zero-order valence-electron chi connectivity index (χ0n) is 9.25. The minimum absolute atomic E-state index is 0.123. The van der Waals surface area contributed by atoms with E-state index in [1.54, 1.807) is 0 Å². The van der Waals surface area contributed by atoms with E-state index in [-0.39, 0.29) is 6.61 Å². The van der Waals surface area contributed by atoms with Crippen molar-refractivity contribution in [3.63, 3.8) is 0 Å². The van der Waals surface area contributed by atoms with Gasteiger partial charge in [0.2, 0.25) is 0 Å². The van der Waals surface area contributed by atoms with Crippen molar-refractivity contribution in [3.8, 4) is 0 Å². The van der Waals surface area contributed by atoms with Gasteiger partial charge in [-0.2, -0.15) is 0 Å². The van der Waals surface area contributed by atoms with Crippen LogP contribution in [0.4, 0.5) is 0 Å². The fraction of sp³-hybridized carbons (Fsp3) is 0.286. The summed E-state index contributed by atoms with van der Waals surface area (Å²) in [6.07, 6.45) is 5.32. The number of benzene rings is 1. The van der Waals surface area contributed by atoms with E-state index in [2.05, 4.69) is 44.2 Å². The zero-order chi connectivity index (χ0) is 10.8. The smallest absolute Gasteiger partial charge is 0.0688 e. The molecule has 1 aromatic carbocycles. The first kappa shape index (κ1) is 10.2. The van der Waals surface area contributed by atoms with Gasteiger partial charge in [-0.15, -0.1) is 0 Å². The summed E-state index contributed by atoms with van der Waals surface area (Å²) in [5.74, 6) is 0. The maximum atomic E-state index is 9.29. The molecule has 1 aliphatic carbocycles. The van der Waals surface area contributed by atoms with Gasteiger partial charge in [0.15, 0.2) is 0 Å². The van der Waals surface area contributed by atoms with Crippen LogP contribution in [-0.2, 0) is 0 Å². The van der Waals surface area contributed by atoms with Crippen molar-refractivity contribution in [3.05, 3.63) is 47.0 Å². The SMILES string of the molecule is CC/C=C1\C=C(CO)c2cc(C)ccc21. The third-order valence-corrected chi connectivity index (χ3v) is 2.76. The van der Waals surface area contributed by atoms with Crippen molar-refractivity contribution in [1.29, 1.82) is 0 Å². The maximum absolute atomic E-state index is 9.29. The Morgan fingerprint density at radius 2 is 2.07 bits per heavy atom. The monoisotopic (exact) mass is 200 g/mol. The van der Waals surface area contributed by atoms with Crippen LogP contribution in [0.2, 0.25) is 0 Å².